The molecule has 27 heavy (non-hydrogen) atoms. The van der Waals surface area contributed by atoms with Gasteiger partial charge in [-0.25, -0.2) is 13.6 Å². The standard InChI is InChI=1S/C18H22N4O3S.ClH/c1-12-7-8-13(26(20,24)25)10-16(12)21-18(23)11-22-9-3-4-14-15(19)5-2-6-17(14)22;/h2,5-8,10H,3-4,9,11,19H2,1H3,(H,21,23)(H2,20,24,25);1H. The molecule has 9 heteroatoms. The molecule has 0 atom stereocenters. The molecule has 0 saturated heterocycles. The van der Waals surface area contributed by atoms with Crippen molar-refractivity contribution in [1.29, 1.82) is 0 Å². The first kappa shape index (κ1) is 21.0. The van der Waals surface area contributed by atoms with Gasteiger partial charge in [0.2, 0.25) is 15.9 Å². The molecular weight excluding hydrogens is 388 g/mol. The highest BCUT2D eigenvalue weighted by molar-refractivity contribution is 7.89. The Kier molecular flexibility index (Phi) is 6.35. The first-order valence-electron chi connectivity index (χ1n) is 8.31. The van der Waals surface area contributed by atoms with Gasteiger partial charge in [-0.15, -0.1) is 12.4 Å². The maximum atomic E-state index is 12.5. The van der Waals surface area contributed by atoms with Crippen LogP contribution in [0, 0.1) is 6.92 Å². The van der Waals surface area contributed by atoms with Gasteiger partial charge in [-0.1, -0.05) is 12.1 Å². The van der Waals surface area contributed by atoms with Crippen molar-refractivity contribution in [3.8, 4) is 0 Å². The van der Waals surface area contributed by atoms with Crippen LogP contribution in [-0.4, -0.2) is 27.4 Å². The van der Waals surface area contributed by atoms with Gasteiger partial charge in [0, 0.05) is 23.6 Å². The van der Waals surface area contributed by atoms with Gasteiger partial charge in [0.15, 0.2) is 0 Å². The molecule has 2 aromatic rings. The maximum absolute atomic E-state index is 12.5. The number of fused-ring (bicyclic) bond motifs is 1. The number of sulfonamides is 1. The molecule has 1 heterocycles. The van der Waals surface area contributed by atoms with Crippen molar-refractivity contribution in [2.45, 2.75) is 24.7 Å². The molecule has 0 aliphatic carbocycles. The van der Waals surface area contributed by atoms with E-state index in [-0.39, 0.29) is 29.8 Å². The van der Waals surface area contributed by atoms with Crippen molar-refractivity contribution >= 4 is 45.4 Å². The predicted octanol–water partition coefficient (Wildman–Crippen LogP) is 2.04. The molecule has 7 nitrogen and oxygen atoms in total. The molecule has 0 bridgehead atoms. The number of nitrogens with one attached hydrogen (secondary N) is 1. The summed E-state index contributed by atoms with van der Waals surface area (Å²) >= 11 is 0. The van der Waals surface area contributed by atoms with Gasteiger partial charge >= 0.3 is 0 Å². The van der Waals surface area contributed by atoms with Crippen LogP contribution < -0.4 is 21.1 Å². The van der Waals surface area contributed by atoms with E-state index in [9.17, 15) is 13.2 Å². The number of hydrogen-bond donors (Lipinski definition) is 3. The van der Waals surface area contributed by atoms with Gasteiger partial charge in [-0.3, -0.25) is 4.79 Å². The summed E-state index contributed by atoms with van der Waals surface area (Å²) in [6.45, 7) is 2.72. The average molecular weight is 411 g/mol. The van der Waals surface area contributed by atoms with Gasteiger partial charge in [0.25, 0.3) is 0 Å². The Morgan fingerprint density at radius 1 is 1.26 bits per heavy atom. The summed E-state index contributed by atoms with van der Waals surface area (Å²) in [5.41, 5.74) is 10.0. The largest absolute Gasteiger partial charge is 0.398 e. The van der Waals surface area contributed by atoms with E-state index in [2.05, 4.69) is 5.32 Å². The van der Waals surface area contributed by atoms with E-state index in [1.807, 2.05) is 23.1 Å². The predicted molar refractivity (Wildman–Crippen MR) is 110 cm³/mol. The van der Waals surface area contributed by atoms with E-state index in [1.165, 1.54) is 12.1 Å². The number of primary sulfonamides is 1. The number of benzene rings is 2. The fourth-order valence-electron chi connectivity index (χ4n) is 3.17. The molecule has 1 amide bonds. The zero-order valence-electron chi connectivity index (χ0n) is 14.9. The minimum Gasteiger partial charge on any atom is -0.398 e. The van der Waals surface area contributed by atoms with Crippen LogP contribution in [0.3, 0.4) is 0 Å². The van der Waals surface area contributed by atoms with E-state index in [0.717, 1.165) is 41.9 Å². The van der Waals surface area contributed by atoms with E-state index in [4.69, 9.17) is 10.9 Å². The van der Waals surface area contributed by atoms with Crippen LogP contribution in [0.5, 0.6) is 0 Å². The first-order chi connectivity index (χ1) is 12.3. The number of carbonyl (C=O) groups excluding carboxylic acids is 1. The molecule has 0 fully saturated rings. The number of amides is 1. The Labute approximate surface area is 165 Å². The first-order valence-corrected chi connectivity index (χ1v) is 9.86. The zero-order chi connectivity index (χ0) is 18.9. The Hall–Kier alpha value is -2.29. The van der Waals surface area contributed by atoms with Crippen LogP contribution in [0.2, 0.25) is 0 Å². The summed E-state index contributed by atoms with van der Waals surface area (Å²) in [6, 6.07) is 10.1. The second kappa shape index (κ2) is 8.16. The summed E-state index contributed by atoms with van der Waals surface area (Å²) in [5.74, 6) is -0.227. The topological polar surface area (TPSA) is 119 Å². The molecule has 5 N–H and O–H groups in total. The monoisotopic (exact) mass is 410 g/mol. The SMILES string of the molecule is Cc1ccc(S(N)(=O)=O)cc1NC(=O)CN1CCCc2c(N)cccc21.Cl. The number of aryl methyl sites for hydroxylation is 1. The Balaban J connectivity index is 0.00000261. The number of nitrogens with zero attached hydrogens (tertiary/aromatic N) is 1. The molecule has 0 saturated carbocycles. The second-order valence-electron chi connectivity index (χ2n) is 6.44. The minimum atomic E-state index is -3.83. The number of hydrogen-bond acceptors (Lipinski definition) is 5. The van der Waals surface area contributed by atoms with Crippen LogP contribution in [0.1, 0.15) is 17.5 Å². The van der Waals surface area contributed by atoms with Crippen molar-refractivity contribution in [2.24, 2.45) is 5.14 Å². The summed E-state index contributed by atoms with van der Waals surface area (Å²) in [6.07, 6.45) is 1.82. The van der Waals surface area contributed by atoms with Gasteiger partial charge in [0.1, 0.15) is 0 Å². The second-order valence-corrected chi connectivity index (χ2v) is 8.00. The smallest absolute Gasteiger partial charge is 0.243 e. The van der Waals surface area contributed by atoms with Crippen molar-refractivity contribution in [2.75, 3.05) is 29.0 Å². The Bertz CT molecular complexity index is 963. The highest BCUT2D eigenvalue weighted by Gasteiger charge is 2.21. The third-order valence-electron chi connectivity index (χ3n) is 4.53. The van der Waals surface area contributed by atoms with Gasteiger partial charge in [0.05, 0.1) is 11.4 Å². The highest BCUT2D eigenvalue weighted by atomic mass is 35.5. The van der Waals surface area contributed by atoms with Gasteiger partial charge < -0.3 is 16.0 Å². The van der Waals surface area contributed by atoms with E-state index in [1.54, 1.807) is 13.0 Å². The van der Waals surface area contributed by atoms with Gasteiger partial charge in [-0.05, 0) is 55.2 Å². The average Bonchev–Trinajstić information content (AvgIpc) is 2.57. The normalized spacial score (nSPS) is 13.5. The maximum Gasteiger partial charge on any atom is 0.243 e. The minimum absolute atomic E-state index is 0. The summed E-state index contributed by atoms with van der Waals surface area (Å²) < 4.78 is 23.0. The van der Waals surface area contributed by atoms with Crippen molar-refractivity contribution in [1.82, 2.24) is 0 Å². The molecule has 0 spiro atoms. The summed E-state index contributed by atoms with van der Waals surface area (Å²) in [5, 5.41) is 7.95. The Morgan fingerprint density at radius 3 is 2.70 bits per heavy atom. The van der Waals surface area contributed by atoms with Crippen LogP contribution in [0.15, 0.2) is 41.3 Å². The van der Waals surface area contributed by atoms with Crippen LogP contribution >= 0.6 is 12.4 Å². The lowest BCUT2D eigenvalue weighted by atomic mass is 10.00. The molecule has 0 radical (unpaired) electrons. The third-order valence-corrected chi connectivity index (χ3v) is 5.44. The molecule has 3 rings (SSSR count). The number of anilines is 3. The zero-order valence-corrected chi connectivity index (χ0v) is 16.6. The lowest BCUT2D eigenvalue weighted by Gasteiger charge is -2.31. The third kappa shape index (κ3) is 4.71. The van der Waals surface area contributed by atoms with Crippen LogP contribution in [0.4, 0.5) is 17.1 Å². The number of rotatable bonds is 4. The lowest BCUT2D eigenvalue weighted by molar-refractivity contribution is -0.115. The van der Waals surface area contributed by atoms with E-state index in [0.29, 0.717) is 5.69 Å². The van der Waals surface area contributed by atoms with Crippen molar-refractivity contribution in [3.63, 3.8) is 0 Å². The van der Waals surface area contributed by atoms with Crippen molar-refractivity contribution in [3.05, 3.63) is 47.5 Å². The highest BCUT2D eigenvalue weighted by Crippen LogP contribution is 2.31. The molecule has 2 aromatic carbocycles. The quantitative estimate of drug-likeness (QED) is 0.666. The fraction of sp³-hybridized carbons (Fsp3) is 0.278. The molecule has 1 aliphatic heterocycles. The van der Waals surface area contributed by atoms with Crippen molar-refractivity contribution < 1.29 is 13.2 Å². The van der Waals surface area contributed by atoms with E-state index < -0.39 is 10.0 Å². The van der Waals surface area contributed by atoms with Crippen LogP contribution in [0.25, 0.3) is 0 Å². The van der Waals surface area contributed by atoms with E-state index >= 15 is 0 Å². The number of nitrogens with two attached hydrogens (primary N) is 2. The summed E-state index contributed by atoms with van der Waals surface area (Å²) in [4.78, 5) is 14.5. The molecule has 0 aromatic heterocycles. The fourth-order valence-corrected chi connectivity index (χ4v) is 3.71. The lowest BCUT2D eigenvalue weighted by Crippen LogP contribution is -2.37. The number of nitrogen functional groups attached to an aromatic ring is 1. The number of halogens is 1. The molecule has 146 valence electrons. The molecule has 1 aliphatic rings. The number of carbonyl (C=O) groups is 1. The summed E-state index contributed by atoms with van der Waals surface area (Å²) in [7, 11) is -3.83. The van der Waals surface area contributed by atoms with Gasteiger partial charge in [-0.2, -0.15) is 0 Å². The Morgan fingerprint density at radius 2 is 2.00 bits per heavy atom. The molecule has 0 unspecified atom stereocenters. The van der Waals surface area contributed by atoms with Crippen LogP contribution in [-0.2, 0) is 21.2 Å². The molecular formula is C18H23ClN4O3S.